The molecule has 0 aliphatic carbocycles. The molecule has 0 aliphatic rings. The molecule has 0 atom stereocenters. The van der Waals surface area contributed by atoms with Crippen LogP contribution in [0.1, 0.15) is 41.6 Å². The number of rotatable bonds is 7. The number of esters is 1. The van der Waals surface area contributed by atoms with Crippen LogP contribution in [0.2, 0.25) is 0 Å². The monoisotopic (exact) mass is 389 g/mol. The first-order chi connectivity index (χ1) is 13.1. The summed E-state index contributed by atoms with van der Waals surface area (Å²) in [5.74, 6) is -1.04. The maximum Gasteiger partial charge on any atom is 0.340 e. The van der Waals surface area contributed by atoms with Crippen LogP contribution in [0.3, 0.4) is 0 Å². The SMILES string of the molecule is COc1cc([N+](=O)[O-])ccc1NC(=O)COC(=O)c1cc(C)n(C(C)C)c1C. The van der Waals surface area contributed by atoms with Crippen molar-refractivity contribution in [3.05, 3.63) is 51.3 Å². The van der Waals surface area contributed by atoms with Crippen molar-refractivity contribution in [2.45, 2.75) is 33.7 Å². The second kappa shape index (κ2) is 8.55. The average Bonchev–Trinajstić information content (AvgIpc) is 2.94. The first-order valence-electron chi connectivity index (χ1n) is 8.63. The van der Waals surface area contributed by atoms with Crippen LogP contribution in [0.5, 0.6) is 5.75 Å². The Bertz CT molecular complexity index is 917. The number of anilines is 1. The molecule has 28 heavy (non-hydrogen) atoms. The Morgan fingerprint density at radius 2 is 1.93 bits per heavy atom. The van der Waals surface area contributed by atoms with Crippen molar-refractivity contribution in [2.24, 2.45) is 0 Å². The number of nitro benzene ring substituents is 1. The Balaban J connectivity index is 2.04. The van der Waals surface area contributed by atoms with Gasteiger partial charge in [-0.1, -0.05) is 0 Å². The van der Waals surface area contributed by atoms with Crippen LogP contribution in [-0.2, 0) is 9.53 Å². The lowest BCUT2D eigenvalue weighted by molar-refractivity contribution is -0.384. The zero-order chi connectivity index (χ0) is 21.0. The third kappa shape index (κ3) is 4.48. The summed E-state index contributed by atoms with van der Waals surface area (Å²) in [5, 5.41) is 13.3. The number of carbonyl (C=O) groups is 2. The Labute approximate surface area is 162 Å². The van der Waals surface area contributed by atoms with Crippen molar-refractivity contribution < 1.29 is 24.0 Å². The molecular weight excluding hydrogens is 366 g/mol. The summed E-state index contributed by atoms with van der Waals surface area (Å²) in [6.45, 7) is 7.26. The van der Waals surface area contributed by atoms with E-state index in [0.29, 0.717) is 5.56 Å². The van der Waals surface area contributed by atoms with E-state index in [1.165, 1.54) is 25.3 Å². The lowest BCUT2D eigenvalue weighted by atomic mass is 10.2. The fourth-order valence-electron chi connectivity index (χ4n) is 3.07. The van der Waals surface area contributed by atoms with E-state index in [0.717, 1.165) is 11.4 Å². The molecule has 1 N–H and O–H groups in total. The molecule has 0 fully saturated rings. The number of hydrogen-bond acceptors (Lipinski definition) is 6. The molecule has 0 saturated heterocycles. The van der Waals surface area contributed by atoms with Crippen molar-refractivity contribution in [3.8, 4) is 5.75 Å². The predicted octanol–water partition coefficient (Wildman–Crippen LogP) is 3.40. The summed E-state index contributed by atoms with van der Waals surface area (Å²) in [4.78, 5) is 34.7. The second-order valence-electron chi connectivity index (χ2n) is 6.51. The number of carbonyl (C=O) groups excluding carboxylic acids is 2. The standard InChI is InChI=1S/C19H23N3O6/c1-11(2)21-12(3)8-15(13(21)4)19(24)28-10-18(23)20-16-7-6-14(22(25)26)9-17(16)27-5/h6-9,11H,10H2,1-5H3,(H,20,23). The highest BCUT2D eigenvalue weighted by atomic mass is 16.6. The second-order valence-corrected chi connectivity index (χ2v) is 6.51. The number of aryl methyl sites for hydroxylation is 1. The minimum absolute atomic E-state index is 0.134. The molecule has 9 nitrogen and oxygen atoms in total. The topological polar surface area (TPSA) is 113 Å². The van der Waals surface area contributed by atoms with E-state index in [1.54, 1.807) is 6.07 Å². The van der Waals surface area contributed by atoms with Crippen molar-refractivity contribution in [2.75, 3.05) is 19.0 Å². The number of non-ortho nitro benzene ring substituents is 1. The Morgan fingerprint density at radius 3 is 2.46 bits per heavy atom. The maximum atomic E-state index is 12.3. The number of ether oxygens (including phenoxy) is 2. The number of hydrogen-bond donors (Lipinski definition) is 1. The van der Waals surface area contributed by atoms with Crippen molar-refractivity contribution in [3.63, 3.8) is 0 Å². The summed E-state index contributed by atoms with van der Waals surface area (Å²) >= 11 is 0. The molecule has 2 aromatic rings. The zero-order valence-corrected chi connectivity index (χ0v) is 16.4. The van der Waals surface area contributed by atoms with E-state index in [-0.39, 0.29) is 23.2 Å². The number of benzene rings is 1. The minimum atomic E-state index is -0.592. The van der Waals surface area contributed by atoms with E-state index in [1.807, 2.05) is 32.3 Å². The molecule has 2 rings (SSSR count). The van der Waals surface area contributed by atoms with Crippen LogP contribution < -0.4 is 10.1 Å². The molecule has 1 aromatic heterocycles. The molecule has 1 amide bonds. The van der Waals surface area contributed by atoms with Crippen molar-refractivity contribution in [1.29, 1.82) is 0 Å². The number of nitrogens with zero attached hydrogens (tertiary/aromatic N) is 2. The number of nitrogens with one attached hydrogen (secondary N) is 1. The van der Waals surface area contributed by atoms with Crippen LogP contribution >= 0.6 is 0 Å². The van der Waals surface area contributed by atoms with Gasteiger partial charge in [0.2, 0.25) is 0 Å². The molecule has 0 unspecified atom stereocenters. The largest absolute Gasteiger partial charge is 0.494 e. The molecule has 0 radical (unpaired) electrons. The first-order valence-corrected chi connectivity index (χ1v) is 8.63. The highest BCUT2D eigenvalue weighted by molar-refractivity contribution is 5.97. The van der Waals surface area contributed by atoms with E-state index >= 15 is 0 Å². The third-order valence-corrected chi connectivity index (χ3v) is 4.23. The van der Waals surface area contributed by atoms with Crippen molar-refractivity contribution in [1.82, 2.24) is 4.57 Å². The minimum Gasteiger partial charge on any atom is -0.494 e. The van der Waals surface area contributed by atoms with Crippen LogP contribution in [0.25, 0.3) is 0 Å². The van der Waals surface area contributed by atoms with Gasteiger partial charge >= 0.3 is 5.97 Å². The van der Waals surface area contributed by atoms with Gasteiger partial charge in [0, 0.05) is 23.5 Å². The molecule has 0 spiro atoms. The average molecular weight is 389 g/mol. The highest BCUT2D eigenvalue weighted by Gasteiger charge is 2.20. The Kier molecular flexibility index (Phi) is 6.40. The zero-order valence-electron chi connectivity index (χ0n) is 16.4. The first kappa shape index (κ1) is 20.9. The molecule has 0 saturated carbocycles. The van der Waals surface area contributed by atoms with Crippen LogP contribution in [0, 0.1) is 24.0 Å². The summed E-state index contributed by atoms with van der Waals surface area (Å²) in [6.07, 6.45) is 0. The van der Waals surface area contributed by atoms with Crippen molar-refractivity contribution >= 4 is 23.3 Å². The summed E-state index contributed by atoms with van der Waals surface area (Å²) in [7, 11) is 1.33. The molecule has 0 bridgehead atoms. The van der Waals surface area contributed by atoms with Gasteiger partial charge in [0.05, 0.1) is 29.4 Å². The molecule has 0 aliphatic heterocycles. The van der Waals surface area contributed by atoms with E-state index < -0.39 is 23.4 Å². The van der Waals surface area contributed by atoms with E-state index in [2.05, 4.69) is 5.32 Å². The van der Waals surface area contributed by atoms with Gasteiger partial charge in [-0.25, -0.2) is 4.79 Å². The molecule has 150 valence electrons. The summed E-state index contributed by atoms with van der Waals surface area (Å²) in [5.41, 5.74) is 2.19. The van der Waals surface area contributed by atoms with Crippen LogP contribution in [-0.4, -0.2) is 35.1 Å². The van der Waals surface area contributed by atoms with Gasteiger partial charge in [-0.3, -0.25) is 14.9 Å². The Hall–Kier alpha value is -3.36. The molecule has 9 heteroatoms. The van der Waals surface area contributed by atoms with Crippen LogP contribution in [0.15, 0.2) is 24.3 Å². The molecular formula is C19H23N3O6. The fourth-order valence-corrected chi connectivity index (χ4v) is 3.07. The lowest BCUT2D eigenvalue weighted by Gasteiger charge is -2.13. The number of methoxy groups -OCH3 is 1. The lowest BCUT2D eigenvalue weighted by Crippen LogP contribution is -2.21. The molecule has 1 aromatic carbocycles. The Morgan fingerprint density at radius 1 is 1.25 bits per heavy atom. The van der Waals surface area contributed by atoms with Gasteiger partial charge < -0.3 is 19.4 Å². The molecule has 1 heterocycles. The van der Waals surface area contributed by atoms with Gasteiger partial charge in [-0.15, -0.1) is 0 Å². The van der Waals surface area contributed by atoms with Gasteiger partial charge in [0.25, 0.3) is 11.6 Å². The summed E-state index contributed by atoms with van der Waals surface area (Å²) in [6, 6.07) is 5.72. The number of amides is 1. The van der Waals surface area contributed by atoms with Gasteiger partial charge in [0.1, 0.15) is 5.75 Å². The number of aromatic nitrogens is 1. The quantitative estimate of drug-likeness (QED) is 0.441. The van der Waals surface area contributed by atoms with E-state index in [9.17, 15) is 19.7 Å². The maximum absolute atomic E-state index is 12.3. The number of nitro groups is 1. The van der Waals surface area contributed by atoms with Gasteiger partial charge in [-0.2, -0.15) is 0 Å². The highest BCUT2D eigenvalue weighted by Crippen LogP contribution is 2.29. The van der Waals surface area contributed by atoms with Gasteiger partial charge in [0.15, 0.2) is 6.61 Å². The fraction of sp³-hybridized carbons (Fsp3) is 0.368. The van der Waals surface area contributed by atoms with Gasteiger partial charge in [-0.05, 0) is 39.8 Å². The third-order valence-electron chi connectivity index (χ3n) is 4.23. The summed E-state index contributed by atoms with van der Waals surface area (Å²) < 4.78 is 12.2. The predicted molar refractivity (Wildman–Crippen MR) is 103 cm³/mol. The normalized spacial score (nSPS) is 10.6. The van der Waals surface area contributed by atoms with E-state index in [4.69, 9.17) is 9.47 Å². The van der Waals surface area contributed by atoms with Crippen LogP contribution in [0.4, 0.5) is 11.4 Å². The smallest absolute Gasteiger partial charge is 0.340 e.